The van der Waals surface area contributed by atoms with Crippen LogP contribution in [0.1, 0.15) is 16.8 Å². The minimum absolute atomic E-state index is 0.554. The van der Waals surface area contributed by atoms with Gasteiger partial charge in [-0.1, -0.05) is 35.4 Å². The second-order valence-corrected chi connectivity index (χ2v) is 8.44. The molecule has 0 fully saturated rings. The third-order valence-corrected chi connectivity index (χ3v) is 5.78. The summed E-state index contributed by atoms with van der Waals surface area (Å²) in [5.41, 5.74) is 6.88. The van der Waals surface area contributed by atoms with E-state index in [9.17, 15) is 0 Å². The first-order chi connectivity index (χ1) is 16.1. The SMILES string of the molecule is Cc1cccc(-c2ncc(CNc3nccc4cc(-c5ccnc(C)c5)ncc34)cc2Cl)c1. The number of anilines is 1. The van der Waals surface area contributed by atoms with Crippen LogP contribution in [0.4, 0.5) is 5.82 Å². The summed E-state index contributed by atoms with van der Waals surface area (Å²) in [5, 5.41) is 6.07. The lowest BCUT2D eigenvalue weighted by atomic mass is 10.1. The second kappa shape index (κ2) is 8.96. The highest BCUT2D eigenvalue weighted by atomic mass is 35.5. The number of benzene rings is 1. The van der Waals surface area contributed by atoms with Gasteiger partial charge in [0.2, 0.25) is 0 Å². The van der Waals surface area contributed by atoms with E-state index in [0.29, 0.717) is 11.6 Å². The van der Waals surface area contributed by atoms with Gasteiger partial charge >= 0.3 is 0 Å². The van der Waals surface area contributed by atoms with Crippen molar-refractivity contribution in [1.82, 2.24) is 19.9 Å². The van der Waals surface area contributed by atoms with Crippen LogP contribution in [0, 0.1) is 13.8 Å². The number of hydrogen-bond donors (Lipinski definition) is 1. The molecule has 0 saturated heterocycles. The summed E-state index contributed by atoms with van der Waals surface area (Å²) in [7, 11) is 0. The molecular formula is C27H22ClN5. The summed E-state index contributed by atoms with van der Waals surface area (Å²) in [6, 6.07) is 18.2. The van der Waals surface area contributed by atoms with Crippen molar-refractivity contribution in [2.24, 2.45) is 0 Å². The average molecular weight is 452 g/mol. The smallest absolute Gasteiger partial charge is 0.135 e. The van der Waals surface area contributed by atoms with Gasteiger partial charge in [0, 0.05) is 53.5 Å². The highest BCUT2D eigenvalue weighted by molar-refractivity contribution is 6.33. The number of halogens is 1. The molecule has 0 atom stereocenters. The maximum atomic E-state index is 6.56. The normalized spacial score (nSPS) is 11.0. The largest absolute Gasteiger partial charge is 0.365 e. The van der Waals surface area contributed by atoms with Crippen molar-refractivity contribution in [3.8, 4) is 22.5 Å². The summed E-state index contributed by atoms with van der Waals surface area (Å²) in [6.45, 7) is 4.59. The van der Waals surface area contributed by atoms with E-state index in [1.807, 2.05) is 55.7 Å². The number of nitrogens with zero attached hydrogens (tertiary/aromatic N) is 4. The Morgan fingerprint density at radius 1 is 0.818 bits per heavy atom. The standard InChI is InChI=1S/C27H22ClN5/c1-17-4-3-5-22(10-17)26-24(28)12-19(14-32-26)15-33-27-23-16-31-25(13-20(23)6-9-30-27)21-7-8-29-18(2)11-21/h3-14,16H,15H2,1-2H3,(H,30,33). The number of fused-ring (bicyclic) bond motifs is 1. The molecule has 162 valence electrons. The lowest BCUT2D eigenvalue weighted by Crippen LogP contribution is -2.03. The van der Waals surface area contributed by atoms with Crippen molar-refractivity contribution in [2.45, 2.75) is 20.4 Å². The number of rotatable bonds is 5. The number of nitrogens with one attached hydrogen (secondary N) is 1. The first kappa shape index (κ1) is 21.0. The second-order valence-electron chi connectivity index (χ2n) is 8.03. The van der Waals surface area contributed by atoms with Crippen LogP contribution in [0.25, 0.3) is 33.3 Å². The molecular weight excluding hydrogens is 430 g/mol. The highest BCUT2D eigenvalue weighted by Gasteiger charge is 2.09. The van der Waals surface area contributed by atoms with Crippen LogP contribution >= 0.6 is 11.6 Å². The Labute approximate surface area is 197 Å². The van der Waals surface area contributed by atoms with Gasteiger partial charge in [-0.05, 0) is 61.2 Å². The van der Waals surface area contributed by atoms with Gasteiger partial charge in [0.05, 0.1) is 16.4 Å². The van der Waals surface area contributed by atoms with Crippen molar-refractivity contribution >= 4 is 28.2 Å². The van der Waals surface area contributed by atoms with E-state index in [1.54, 1.807) is 12.4 Å². The molecule has 0 saturated carbocycles. The van der Waals surface area contributed by atoms with Crippen LogP contribution in [0.15, 0.2) is 79.4 Å². The van der Waals surface area contributed by atoms with E-state index in [4.69, 9.17) is 11.6 Å². The predicted molar refractivity (Wildman–Crippen MR) is 134 cm³/mol. The molecule has 0 aliphatic heterocycles. The zero-order valence-corrected chi connectivity index (χ0v) is 19.1. The monoisotopic (exact) mass is 451 g/mol. The average Bonchev–Trinajstić information content (AvgIpc) is 2.82. The molecule has 0 radical (unpaired) electrons. The third-order valence-electron chi connectivity index (χ3n) is 5.49. The van der Waals surface area contributed by atoms with Crippen LogP contribution < -0.4 is 5.32 Å². The number of hydrogen-bond acceptors (Lipinski definition) is 5. The van der Waals surface area contributed by atoms with E-state index >= 15 is 0 Å². The fraction of sp³-hybridized carbons (Fsp3) is 0.111. The molecule has 5 aromatic rings. The highest BCUT2D eigenvalue weighted by Crippen LogP contribution is 2.28. The first-order valence-corrected chi connectivity index (χ1v) is 11.1. The van der Waals surface area contributed by atoms with Crippen molar-refractivity contribution < 1.29 is 0 Å². The van der Waals surface area contributed by atoms with Gasteiger partial charge in [0.15, 0.2) is 0 Å². The molecule has 0 amide bonds. The molecule has 33 heavy (non-hydrogen) atoms. The van der Waals surface area contributed by atoms with E-state index in [2.05, 4.69) is 50.4 Å². The van der Waals surface area contributed by atoms with Crippen LogP contribution in [0.5, 0.6) is 0 Å². The van der Waals surface area contributed by atoms with Crippen molar-refractivity contribution in [2.75, 3.05) is 5.32 Å². The molecule has 1 N–H and O–H groups in total. The molecule has 0 bridgehead atoms. The predicted octanol–water partition coefficient (Wildman–Crippen LogP) is 6.64. The Morgan fingerprint density at radius 2 is 1.70 bits per heavy atom. The maximum Gasteiger partial charge on any atom is 0.135 e. The topological polar surface area (TPSA) is 63.6 Å². The van der Waals surface area contributed by atoms with Crippen molar-refractivity contribution in [3.05, 3.63) is 101 Å². The van der Waals surface area contributed by atoms with E-state index in [1.165, 1.54) is 5.56 Å². The number of aryl methyl sites for hydroxylation is 2. The van der Waals surface area contributed by atoms with E-state index in [0.717, 1.165) is 50.4 Å². The Balaban J connectivity index is 1.38. The van der Waals surface area contributed by atoms with Crippen LogP contribution in [0.3, 0.4) is 0 Å². The lowest BCUT2D eigenvalue weighted by molar-refractivity contribution is 1.09. The Bertz CT molecular complexity index is 1460. The molecule has 0 aliphatic carbocycles. The molecule has 6 heteroatoms. The minimum atomic E-state index is 0.554. The molecule has 0 aliphatic rings. The minimum Gasteiger partial charge on any atom is -0.365 e. The van der Waals surface area contributed by atoms with Gasteiger partial charge in [-0.3, -0.25) is 15.0 Å². The zero-order chi connectivity index (χ0) is 22.8. The Hall–Kier alpha value is -3.83. The van der Waals surface area contributed by atoms with Gasteiger partial charge in [0.1, 0.15) is 5.82 Å². The summed E-state index contributed by atoms with van der Waals surface area (Å²) in [4.78, 5) is 18.1. The summed E-state index contributed by atoms with van der Waals surface area (Å²) in [6.07, 6.45) is 7.32. The molecule has 4 aromatic heterocycles. The van der Waals surface area contributed by atoms with Gasteiger partial charge in [-0.2, -0.15) is 0 Å². The van der Waals surface area contributed by atoms with Crippen molar-refractivity contribution in [1.29, 1.82) is 0 Å². The van der Waals surface area contributed by atoms with E-state index in [-0.39, 0.29) is 0 Å². The fourth-order valence-electron chi connectivity index (χ4n) is 3.84. The van der Waals surface area contributed by atoms with Gasteiger partial charge in [-0.15, -0.1) is 0 Å². The Kier molecular flexibility index (Phi) is 5.71. The van der Waals surface area contributed by atoms with Gasteiger partial charge in [0.25, 0.3) is 0 Å². The van der Waals surface area contributed by atoms with Crippen LogP contribution in [-0.2, 0) is 6.54 Å². The fourth-order valence-corrected chi connectivity index (χ4v) is 4.13. The lowest BCUT2D eigenvalue weighted by Gasteiger charge is -2.11. The molecule has 0 spiro atoms. The molecule has 1 aromatic carbocycles. The molecule has 0 unspecified atom stereocenters. The van der Waals surface area contributed by atoms with E-state index < -0.39 is 0 Å². The van der Waals surface area contributed by atoms with Crippen LogP contribution in [0.2, 0.25) is 5.02 Å². The van der Waals surface area contributed by atoms with Crippen molar-refractivity contribution in [3.63, 3.8) is 0 Å². The molecule has 5 nitrogen and oxygen atoms in total. The quantitative estimate of drug-likeness (QED) is 0.324. The van der Waals surface area contributed by atoms with Gasteiger partial charge in [-0.25, -0.2) is 4.98 Å². The first-order valence-electron chi connectivity index (χ1n) is 10.7. The van der Waals surface area contributed by atoms with Crippen LogP contribution in [-0.4, -0.2) is 19.9 Å². The van der Waals surface area contributed by atoms with Gasteiger partial charge < -0.3 is 5.32 Å². The summed E-state index contributed by atoms with van der Waals surface area (Å²) in [5.74, 6) is 0.774. The maximum absolute atomic E-state index is 6.56. The molecule has 4 heterocycles. The number of pyridine rings is 4. The third kappa shape index (κ3) is 4.54. The number of aromatic nitrogens is 4. The summed E-state index contributed by atoms with van der Waals surface area (Å²) < 4.78 is 0. The zero-order valence-electron chi connectivity index (χ0n) is 18.4. The molecule has 5 rings (SSSR count). The summed E-state index contributed by atoms with van der Waals surface area (Å²) >= 11 is 6.56. The Morgan fingerprint density at radius 3 is 2.52 bits per heavy atom.